The third-order valence-electron chi connectivity index (χ3n) is 3.63. The first-order valence-corrected chi connectivity index (χ1v) is 5.15. The molecule has 2 aliphatic rings. The zero-order chi connectivity index (χ0) is 9.53. The fraction of sp³-hybridized carbons (Fsp3) is 1.00. The molecule has 1 N–H and O–H groups in total. The third kappa shape index (κ3) is 1.71. The molecule has 76 valence electrons. The fourth-order valence-corrected chi connectivity index (χ4v) is 2.85. The van der Waals surface area contributed by atoms with E-state index in [1.165, 1.54) is 12.8 Å². The maximum Gasteiger partial charge on any atom is 0.262 e. The highest BCUT2D eigenvalue weighted by atomic mass is 19.3. The van der Waals surface area contributed by atoms with Crippen LogP contribution in [0, 0.1) is 5.92 Å². The molecule has 1 unspecified atom stereocenters. The van der Waals surface area contributed by atoms with Gasteiger partial charge in [0.15, 0.2) is 0 Å². The Hall–Kier alpha value is -0.180. The number of hydrogen-bond donors (Lipinski definition) is 1. The van der Waals surface area contributed by atoms with Crippen LogP contribution in [-0.4, -0.2) is 18.0 Å². The summed E-state index contributed by atoms with van der Waals surface area (Å²) in [5.41, 5.74) is -0.292. The summed E-state index contributed by atoms with van der Waals surface area (Å²) in [4.78, 5) is 0. The maximum absolute atomic E-state index is 13.0. The van der Waals surface area contributed by atoms with Crippen LogP contribution >= 0.6 is 0 Å². The smallest absolute Gasteiger partial charge is 0.262 e. The van der Waals surface area contributed by atoms with Crippen molar-refractivity contribution in [1.29, 1.82) is 0 Å². The molecule has 0 bridgehead atoms. The molecule has 0 spiro atoms. The highest BCUT2D eigenvalue weighted by molar-refractivity contribution is 5.02. The molecule has 0 radical (unpaired) electrons. The number of alkyl halides is 2. The van der Waals surface area contributed by atoms with Gasteiger partial charge in [0.05, 0.1) is 6.54 Å². The van der Waals surface area contributed by atoms with Crippen molar-refractivity contribution >= 4 is 0 Å². The molecule has 2 fully saturated rings. The van der Waals surface area contributed by atoms with E-state index in [-0.39, 0.29) is 18.5 Å². The monoisotopic (exact) mass is 189 g/mol. The Morgan fingerprint density at radius 3 is 2.31 bits per heavy atom. The second-order valence-corrected chi connectivity index (χ2v) is 4.79. The van der Waals surface area contributed by atoms with E-state index in [4.69, 9.17) is 0 Å². The van der Waals surface area contributed by atoms with Crippen molar-refractivity contribution in [2.45, 2.75) is 50.5 Å². The summed E-state index contributed by atoms with van der Waals surface area (Å²) >= 11 is 0. The Kier molecular flexibility index (Phi) is 2.10. The number of nitrogens with one attached hydrogen (secondary N) is 1. The van der Waals surface area contributed by atoms with Gasteiger partial charge in [-0.15, -0.1) is 0 Å². The van der Waals surface area contributed by atoms with Gasteiger partial charge >= 0.3 is 0 Å². The topological polar surface area (TPSA) is 12.0 Å². The summed E-state index contributed by atoms with van der Waals surface area (Å²) in [7, 11) is 0. The number of hydrogen-bond acceptors (Lipinski definition) is 1. The predicted molar refractivity (Wildman–Crippen MR) is 47.9 cm³/mol. The first kappa shape index (κ1) is 9.38. The second-order valence-electron chi connectivity index (χ2n) is 4.79. The molecule has 3 heteroatoms. The van der Waals surface area contributed by atoms with E-state index < -0.39 is 5.92 Å². The molecule has 0 aromatic carbocycles. The number of halogens is 2. The van der Waals surface area contributed by atoms with E-state index in [0.717, 1.165) is 12.8 Å². The van der Waals surface area contributed by atoms with Crippen LogP contribution in [0.1, 0.15) is 39.0 Å². The van der Waals surface area contributed by atoms with E-state index in [1.807, 2.05) is 6.92 Å². The van der Waals surface area contributed by atoms with Gasteiger partial charge in [-0.05, 0) is 25.7 Å². The lowest BCUT2D eigenvalue weighted by molar-refractivity contribution is 0.0129. The van der Waals surface area contributed by atoms with Crippen LogP contribution in [0.2, 0.25) is 0 Å². The minimum atomic E-state index is -2.47. The Morgan fingerprint density at radius 1 is 1.23 bits per heavy atom. The molecule has 1 heterocycles. The average Bonchev–Trinajstić information content (AvgIpc) is 2.58. The molecule has 2 rings (SSSR count). The van der Waals surface area contributed by atoms with E-state index in [2.05, 4.69) is 5.32 Å². The molecule has 0 aromatic heterocycles. The van der Waals surface area contributed by atoms with Crippen molar-refractivity contribution in [2.75, 3.05) is 6.54 Å². The Bertz CT molecular complexity index is 199. The van der Waals surface area contributed by atoms with Gasteiger partial charge in [0.1, 0.15) is 0 Å². The molecule has 1 aliphatic heterocycles. The molecule has 1 saturated heterocycles. The summed E-state index contributed by atoms with van der Waals surface area (Å²) in [6.45, 7) is 1.84. The Balaban J connectivity index is 2.05. The summed E-state index contributed by atoms with van der Waals surface area (Å²) < 4.78 is 26.1. The van der Waals surface area contributed by atoms with Crippen molar-refractivity contribution in [3.05, 3.63) is 0 Å². The first-order chi connectivity index (χ1) is 6.02. The normalized spacial score (nSPS) is 39.9. The van der Waals surface area contributed by atoms with Crippen molar-refractivity contribution in [2.24, 2.45) is 5.92 Å². The zero-order valence-corrected chi connectivity index (χ0v) is 8.08. The highest BCUT2D eigenvalue weighted by Gasteiger charge is 2.50. The molecule has 1 nitrogen and oxygen atoms in total. The molecular weight excluding hydrogens is 172 g/mol. The average molecular weight is 189 g/mol. The van der Waals surface area contributed by atoms with Gasteiger partial charge in [-0.3, -0.25) is 0 Å². The van der Waals surface area contributed by atoms with Crippen molar-refractivity contribution in [1.82, 2.24) is 5.32 Å². The zero-order valence-electron chi connectivity index (χ0n) is 8.08. The van der Waals surface area contributed by atoms with Gasteiger partial charge in [0, 0.05) is 12.0 Å². The third-order valence-corrected chi connectivity index (χ3v) is 3.63. The van der Waals surface area contributed by atoms with Gasteiger partial charge in [-0.25, -0.2) is 8.78 Å². The standard InChI is InChI=1S/C10H17F2N/c1-9(8-4-2-3-5-8)6-10(11,12)7-13-9/h8,13H,2-7H2,1H3. The van der Waals surface area contributed by atoms with E-state index in [1.54, 1.807) is 0 Å². The Labute approximate surface area is 77.9 Å². The first-order valence-electron chi connectivity index (χ1n) is 5.15. The summed E-state index contributed by atoms with van der Waals surface area (Å²) in [5.74, 6) is -2.00. The van der Waals surface area contributed by atoms with E-state index in [9.17, 15) is 8.78 Å². The largest absolute Gasteiger partial charge is 0.305 e. The lowest BCUT2D eigenvalue weighted by Gasteiger charge is -2.31. The van der Waals surface area contributed by atoms with Crippen LogP contribution in [0.5, 0.6) is 0 Å². The predicted octanol–water partition coefficient (Wildman–Crippen LogP) is 2.56. The minimum Gasteiger partial charge on any atom is -0.305 e. The van der Waals surface area contributed by atoms with Crippen LogP contribution < -0.4 is 5.32 Å². The minimum absolute atomic E-state index is 0.0324. The maximum atomic E-state index is 13.0. The van der Waals surface area contributed by atoms with Crippen molar-refractivity contribution < 1.29 is 8.78 Å². The van der Waals surface area contributed by atoms with Crippen molar-refractivity contribution in [3.8, 4) is 0 Å². The quantitative estimate of drug-likeness (QED) is 0.668. The van der Waals surface area contributed by atoms with Gasteiger partial charge in [-0.2, -0.15) is 0 Å². The van der Waals surface area contributed by atoms with Gasteiger partial charge < -0.3 is 5.32 Å². The van der Waals surface area contributed by atoms with E-state index >= 15 is 0 Å². The van der Waals surface area contributed by atoms with Gasteiger partial charge in [0.25, 0.3) is 5.92 Å². The molecule has 1 atom stereocenters. The number of rotatable bonds is 1. The molecule has 1 aliphatic carbocycles. The lowest BCUT2D eigenvalue weighted by Crippen LogP contribution is -2.42. The van der Waals surface area contributed by atoms with Crippen LogP contribution in [0.25, 0.3) is 0 Å². The van der Waals surface area contributed by atoms with Crippen LogP contribution in [-0.2, 0) is 0 Å². The van der Waals surface area contributed by atoms with Crippen LogP contribution in [0.3, 0.4) is 0 Å². The summed E-state index contributed by atoms with van der Waals surface area (Å²) in [6.07, 6.45) is 4.71. The van der Waals surface area contributed by atoms with E-state index in [0.29, 0.717) is 5.92 Å². The van der Waals surface area contributed by atoms with Crippen LogP contribution in [0.4, 0.5) is 8.78 Å². The fourth-order valence-electron chi connectivity index (χ4n) is 2.85. The van der Waals surface area contributed by atoms with Gasteiger partial charge in [-0.1, -0.05) is 12.8 Å². The molecule has 0 amide bonds. The highest BCUT2D eigenvalue weighted by Crippen LogP contribution is 2.43. The molecule has 0 aromatic rings. The Morgan fingerprint density at radius 2 is 1.85 bits per heavy atom. The molecule has 13 heavy (non-hydrogen) atoms. The van der Waals surface area contributed by atoms with Crippen molar-refractivity contribution in [3.63, 3.8) is 0 Å². The molecule has 1 saturated carbocycles. The summed E-state index contributed by atoms with van der Waals surface area (Å²) in [6, 6.07) is 0. The SMILES string of the molecule is CC1(C2CCCC2)CC(F)(F)CN1. The summed E-state index contributed by atoms with van der Waals surface area (Å²) in [5, 5.41) is 3.02. The molecular formula is C10H17F2N. The van der Waals surface area contributed by atoms with Crippen LogP contribution in [0.15, 0.2) is 0 Å². The second kappa shape index (κ2) is 2.91. The van der Waals surface area contributed by atoms with Gasteiger partial charge in [0.2, 0.25) is 0 Å². The lowest BCUT2D eigenvalue weighted by atomic mass is 9.82.